The number of nitrogens with zero attached hydrogens (tertiary/aromatic N) is 2. The number of Topliss-reactive ketones (excluding diaryl/α,β-unsaturated/α-hetero) is 1. The zero-order chi connectivity index (χ0) is 16.3. The number of piperazine rings is 1. The average Bonchev–Trinajstić information content (AvgIpc) is 2.53. The van der Waals surface area contributed by atoms with Crippen LogP contribution in [0.25, 0.3) is 0 Å². The fourth-order valence-electron chi connectivity index (χ4n) is 2.72. The van der Waals surface area contributed by atoms with E-state index in [0.717, 1.165) is 0 Å². The van der Waals surface area contributed by atoms with E-state index < -0.39 is 0 Å². The van der Waals surface area contributed by atoms with Gasteiger partial charge in [-0.05, 0) is 25.1 Å². The number of methoxy groups -OCH3 is 1. The van der Waals surface area contributed by atoms with Crippen molar-refractivity contribution in [2.75, 3.05) is 39.0 Å². The number of benzene rings is 1. The highest BCUT2D eigenvalue weighted by Crippen LogP contribution is 2.23. The number of hydrogen-bond donors (Lipinski definition) is 1. The van der Waals surface area contributed by atoms with Crippen molar-refractivity contribution in [2.45, 2.75) is 19.9 Å². The summed E-state index contributed by atoms with van der Waals surface area (Å²) in [6.07, 6.45) is 0. The van der Waals surface area contributed by atoms with Gasteiger partial charge in [0.25, 0.3) is 0 Å². The lowest BCUT2D eigenvalue weighted by atomic mass is 10.0. The Kier molecular flexibility index (Phi) is 5.03. The van der Waals surface area contributed by atoms with Gasteiger partial charge in [-0.3, -0.25) is 14.5 Å². The maximum Gasteiger partial charge on any atom is 0.219 e. The zero-order valence-corrected chi connectivity index (χ0v) is 13.3. The Hall–Kier alpha value is -2.08. The summed E-state index contributed by atoms with van der Waals surface area (Å²) >= 11 is 0. The Bertz CT molecular complexity index is 566. The second-order valence-electron chi connectivity index (χ2n) is 5.54. The first-order valence-corrected chi connectivity index (χ1v) is 7.41. The number of nitrogen functional groups attached to an aromatic ring is 1. The maximum absolute atomic E-state index is 12.6. The highest BCUT2D eigenvalue weighted by atomic mass is 16.5. The number of anilines is 1. The normalized spacial score (nSPS) is 17.1. The summed E-state index contributed by atoms with van der Waals surface area (Å²) < 4.78 is 5.11. The van der Waals surface area contributed by atoms with Crippen LogP contribution in [0, 0.1) is 0 Å². The molecule has 2 N–H and O–H groups in total. The van der Waals surface area contributed by atoms with E-state index in [-0.39, 0.29) is 17.7 Å². The fourth-order valence-corrected chi connectivity index (χ4v) is 2.72. The summed E-state index contributed by atoms with van der Waals surface area (Å²) in [5, 5.41) is 0. The second kappa shape index (κ2) is 6.79. The predicted octanol–water partition coefficient (Wildman–Crippen LogP) is 1.01. The molecule has 0 spiro atoms. The highest BCUT2D eigenvalue weighted by Gasteiger charge is 2.27. The van der Waals surface area contributed by atoms with E-state index in [9.17, 15) is 9.59 Å². The van der Waals surface area contributed by atoms with E-state index in [1.54, 1.807) is 37.1 Å². The zero-order valence-electron chi connectivity index (χ0n) is 13.3. The molecule has 1 aliphatic rings. The number of carbonyl (C=O) groups excluding carboxylic acids is 2. The van der Waals surface area contributed by atoms with E-state index in [2.05, 4.69) is 4.90 Å². The minimum absolute atomic E-state index is 0.0330. The molecule has 1 unspecified atom stereocenters. The molecule has 1 fully saturated rings. The molecule has 22 heavy (non-hydrogen) atoms. The quantitative estimate of drug-likeness (QED) is 0.664. The molecule has 6 nitrogen and oxygen atoms in total. The van der Waals surface area contributed by atoms with Crippen molar-refractivity contribution < 1.29 is 14.3 Å². The first-order chi connectivity index (χ1) is 10.4. The Morgan fingerprint density at radius 3 is 2.36 bits per heavy atom. The molecule has 1 aliphatic heterocycles. The lowest BCUT2D eigenvalue weighted by molar-refractivity contribution is -0.130. The standard InChI is InChI=1S/C16H23N3O3/c1-11(18-6-8-19(9-7-18)12(2)20)16(21)13-4-5-15(22-3)14(17)10-13/h4-5,10-11H,6-9,17H2,1-3H3. The van der Waals surface area contributed by atoms with Gasteiger partial charge >= 0.3 is 0 Å². The van der Waals surface area contributed by atoms with Gasteiger partial charge in [0, 0.05) is 38.7 Å². The lowest BCUT2D eigenvalue weighted by Gasteiger charge is -2.37. The first-order valence-electron chi connectivity index (χ1n) is 7.41. The number of ether oxygens (including phenoxy) is 1. The largest absolute Gasteiger partial charge is 0.495 e. The van der Waals surface area contributed by atoms with Crippen LogP contribution in [0.2, 0.25) is 0 Å². The van der Waals surface area contributed by atoms with Crippen LogP contribution in [0.5, 0.6) is 5.75 Å². The topological polar surface area (TPSA) is 75.9 Å². The third-order valence-corrected chi connectivity index (χ3v) is 4.20. The van der Waals surface area contributed by atoms with Crippen LogP contribution >= 0.6 is 0 Å². The number of hydrogen-bond acceptors (Lipinski definition) is 5. The Morgan fingerprint density at radius 1 is 1.23 bits per heavy atom. The molecule has 0 saturated carbocycles. The van der Waals surface area contributed by atoms with Crippen molar-refractivity contribution in [1.29, 1.82) is 0 Å². The molecule has 1 saturated heterocycles. The van der Waals surface area contributed by atoms with Crippen LogP contribution in [0.4, 0.5) is 5.69 Å². The SMILES string of the molecule is COc1ccc(C(=O)C(C)N2CCN(C(C)=O)CC2)cc1N. The van der Waals surface area contributed by atoms with E-state index in [4.69, 9.17) is 10.5 Å². The fraction of sp³-hybridized carbons (Fsp3) is 0.500. The summed E-state index contributed by atoms with van der Waals surface area (Å²) in [5.41, 5.74) is 6.91. The number of ketones is 1. The number of amides is 1. The molecule has 1 aromatic carbocycles. The van der Waals surface area contributed by atoms with Gasteiger partial charge in [-0.1, -0.05) is 0 Å². The van der Waals surface area contributed by atoms with Crippen molar-refractivity contribution in [3.05, 3.63) is 23.8 Å². The molecule has 1 amide bonds. The van der Waals surface area contributed by atoms with Crippen LogP contribution in [0.3, 0.4) is 0 Å². The van der Waals surface area contributed by atoms with Gasteiger partial charge in [0.05, 0.1) is 18.8 Å². The summed E-state index contributed by atoms with van der Waals surface area (Å²) in [6, 6.07) is 4.87. The molecule has 2 rings (SSSR count). The van der Waals surface area contributed by atoms with Crippen molar-refractivity contribution in [1.82, 2.24) is 9.80 Å². The lowest BCUT2D eigenvalue weighted by Crippen LogP contribution is -2.52. The van der Waals surface area contributed by atoms with Crippen molar-refractivity contribution in [2.24, 2.45) is 0 Å². The van der Waals surface area contributed by atoms with Gasteiger partial charge in [-0.15, -0.1) is 0 Å². The monoisotopic (exact) mass is 305 g/mol. The molecule has 6 heteroatoms. The Morgan fingerprint density at radius 2 is 1.86 bits per heavy atom. The van der Waals surface area contributed by atoms with Crippen LogP contribution in [-0.4, -0.2) is 60.8 Å². The molecule has 1 heterocycles. The van der Waals surface area contributed by atoms with Gasteiger partial charge in [0.15, 0.2) is 5.78 Å². The van der Waals surface area contributed by atoms with Crippen molar-refractivity contribution in [3.63, 3.8) is 0 Å². The van der Waals surface area contributed by atoms with Gasteiger partial charge in [0.2, 0.25) is 5.91 Å². The molecule has 0 bridgehead atoms. The number of carbonyl (C=O) groups is 2. The molecular weight excluding hydrogens is 282 g/mol. The predicted molar refractivity (Wildman–Crippen MR) is 85.0 cm³/mol. The van der Waals surface area contributed by atoms with Crippen molar-refractivity contribution in [3.8, 4) is 5.75 Å². The average molecular weight is 305 g/mol. The Labute approximate surface area is 130 Å². The van der Waals surface area contributed by atoms with E-state index in [0.29, 0.717) is 43.2 Å². The van der Waals surface area contributed by atoms with E-state index >= 15 is 0 Å². The number of rotatable bonds is 4. The van der Waals surface area contributed by atoms with Gasteiger partial charge < -0.3 is 15.4 Å². The van der Waals surface area contributed by atoms with Crippen LogP contribution in [0.1, 0.15) is 24.2 Å². The molecule has 0 radical (unpaired) electrons. The number of nitrogens with two attached hydrogens (primary N) is 1. The first kappa shape index (κ1) is 16.3. The van der Waals surface area contributed by atoms with E-state index in [1.807, 2.05) is 6.92 Å². The molecule has 0 aromatic heterocycles. The van der Waals surface area contributed by atoms with Crippen LogP contribution in [-0.2, 0) is 4.79 Å². The summed E-state index contributed by atoms with van der Waals surface area (Å²) in [6.45, 7) is 6.21. The molecule has 1 aromatic rings. The van der Waals surface area contributed by atoms with E-state index in [1.165, 1.54) is 0 Å². The van der Waals surface area contributed by atoms with Crippen LogP contribution in [0.15, 0.2) is 18.2 Å². The molecule has 0 aliphatic carbocycles. The van der Waals surface area contributed by atoms with Gasteiger partial charge in [-0.25, -0.2) is 0 Å². The summed E-state index contributed by atoms with van der Waals surface area (Å²) in [5.74, 6) is 0.687. The van der Waals surface area contributed by atoms with Gasteiger partial charge in [0.1, 0.15) is 5.75 Å². The molecule has 120 valence electrons. The minimum atomic E-state index is -0.234. The van der Waals surface area contributed by atoms with Crippen molar-refractivity contribution >= 4 is 17.4 Å². The van der Waals surface area contributed by atoms with Gasteiger partial charge in [-0.2, -0.15) is 0 Å². The smallest absolute Gasteiger partial charge is 0.219 e. The highest BCUT2D eigenvalue weighted by molar-refractivity contribution is 6.00. The summed E-state index contributed by atoms with van der Waals surface area (Å²) in [4.78, 5) is 27.8. The second-order valence-corrected chi connectivity index (χ2v) is 5.54. The molecular formula is C16H23N3O3. The minimum Gasteiger partial charge on any atom is -0.495 e. The molecule has 1 atom stereocenters. The third-order valence-electron chi connectivity index (χ3n) is 4.20. The third kappa shape index (κ3) is 3.39. The maximum atomic E-state index is 12.6. The summed E-state index contributed by atoms with van der Waals surface area (Å²) in [7, 11) is 1.55. The Balaban J connectivity index is 2.03. The van der Waals surface area contributed by atoms with Crippen LogP contribution < -0.4 is 10.5 Å².